The molecule has 196 valence electrons. The number of rotatable bonds is 18. The zero-order valence-electron chi connectivity index (χ0n) is 22.6. The lowest BCUT2D eigenvalue weighted by molar-refractivity contribution is 0.258. The van der Waals surface area contributed by atoms with Crippen LogP contribution in [0.15, 0.2) is 0 Å². The molecule has 0 aromatic heterocycles. The van der Waals surface area contributed by atoms with Crippen LogP contribution < -0.4 is 10.6 Å². The van der Waals surface area contributed by atoms with Crippen LogP contribution in [-0.2, 0) is 0 Å². The van der Waals surface area contributed by atoms with Crippen LogP contribution in [0.4, 0.5) is 0 Å². The lowest BCUT2D eigenvalue weighted by Crippen LogP contribution is -2.31. The predicted molar refractivity (Wildman–Crippen MR) is 151 cm³/mol. The molecule has 1 aliphatic carbocycles. The maximum Gasteiger partial charge on any atom is -0.00205 e. The van der Waals surface area contributed by atoms with Gasteiger partial charge in [0.25, 0.3) is 0 Å². The molecule has 1 rings (SSSR count). The largest absolute Gasteiger partial charge is 0.316 e. The minimum Gasteiger partial charge on any atom is -0.316 e. The lowest BCUT2D eigenvalue weighted by atomic mass is 9.82. The highest BCUT2D eigenvalue weighted by molar-refractivity contribution is 5.85. The molecule has 0 radical (unpaired) electrons. The number of nitrogens with one attached hydrogen (secondary N) is 2. The van der Waals surface area contributed by atoms with Crippen LogP contribution in [0.2, 0.25) is 0 Å². The molecule has 0 bridgehead atoms. The third-order valence-electron chi connectivity index (χ3n) is 7.42. The molecule has 0 aromatic carbocycles. The highest BCUT2D eigenvalue weighted by Gasteiger charge is 2.20. The maximum absolute atomic E-state index is 3.77. The van der Waals surface area contributed by atoms with Crippen molar-refractivity contribution in [1.82, 2.24) is 10.6 Å². The van der Waals surface area contributed by atoms with E-state index in [0.29, 0.717) is 0 Å². The van der Waals surface area contributed by atoms with Gasteiger partial charge in [-0.25, -0.2) is 0 Å². The summed E-state index contributed by atoms with van der Waals surface area (Å²) in [5.74, 6) is 5.36. The van der Waals surface area contributed by atoms with Crippen molar-refractivity contribution in [3.63, 3.8) is 0 Å². The van der Waals surface area contributed by atoms with Crippen molar-refractivity contribution in [2.24, 2.45) is 35.5 Å². The fourth-order valence-corrected chi connectivity index (χ4v) is 4.99. The van der Waals surface area contributed by atoms with E-state index < -0.39 is 0 Å². The molecule has 0 heterocycles. The maximum atomic E-state index is 3.77. The van der Waals surface area contributed by atoms with Gasteiger partial charge in [0.2, 0.25) is 0 Å². The topological polar surface area (TPSA) is 24.1 Å². The van der Waals surface area contributed by atoms with Crippen molar-refractivity contribution in [3.8, 4) is 0 Å². The summed E-state index contributed by atoms with van der Waals surface area (Å²) in [6, 6.07) is 0. The summed E-state index contributed by atoms with van der Waals surface area (Å²) in [6.07, 6.45) is 16.9. The monoisotopic (exact) mass is 494 g/mol. The van der Waals surface area contributed by atoms with Gasteiger partial charge in [0.15, 0.2) is 0 Å². The molecule has 1 aliphatic rings. The van der Waals surface area contributed by atoms with Crippen LogP contribution in [0.1, 0.15) is 119 Å². The van der Waals surface area contributed by atoms with Crippen molar-refractivity contribution in [3.05, 3.63) is 0 Å². The second kappa shape index (κ2) is 22.0. The van der Waals surface area contributed by atoms with Crippen molar-refractivity contribution in [2.45, 2.75) is 119 Å². The molecule has 2 atom stereocenters. The smallest absolute Gasteiger partial charge is 0.00205 e. The summed E-state index contributed by atoms with van der Waals surface area (Å²) in [6.45, 7) is 19.2. The molecule has 0 amide bonds. The summed E-state index contributed by atoms with van der Waals surface area (Å²) in [5.41, 5.74) is 0. The summed E-state index contributed by atoms with van der Waals surface area (Å²) in [4.78, 5) is 0. The molecule has 0 aliphatic heterocycles. The van der Waals surface area contributed by atoms with E-state index >= 15 is 0 Å². The highest BCUT2D eigenvalue weighted by atomic mass is 35.5. The first kappa shape index (κ1) is 34.7. The van der Waals surface area contributed by atoms with Gasteiger partial charge in [-0.1, -0.05) is 80.1 Å². The SMILES string of the molecule is CC(C)CCCC(C)CCNCC1CCC(CNCCC(C)CCCC(C)C)CC1.Cl.Cl. The molecule has 0 saturated heterocycles. The first-order valence-corrected chi connectivity index (χ1v) is 13.8. The molecule has 2 unspecified atom stereocenters. The van der Waals surface area contributed by atoms with E-state index in [1.54, 1.807) is 0 Å². The van der Waals surface area contributed by atoms with Crippen LogP contribution >= 0.6 is 24.8 Å². The van der Waals surface area contributed by atoms with E-state index in [4.69, 9.17) is 0 Å². The molecule has 0 spiro atoms. The van der Waals surface area contributed by atoms with Gasteiger partial charge in [0.1, 0.15) is 0 Å². The number of hydrogen-bond donors (Lipinski definition) is 2. The molecular formula is C28H60Cl2N2. The Hall–Kier alpha value is 0.500. The second-order valence-corrected chi connectivity index (χ2v) is 11.7. The zero-order valence-corrected chi connectivity index (χ0v) is 24.2. The van der Waals surface area contributed by atoms with Gasteiger partial charge in [-0.3, -0.25) is 0 Å². The average molecular weight is 496 g/mol. The molecular weight excluding hydrogens is 435 g/mol. The van der Waals surface area contributed by atoms with Gasteiger partial charge in [0, 0.05) is 0 Å². The quantitative estimate of drug-likeness (QED) is 0.186. The Morgan fingerprint density at radius 3 is 1.19 bits per heavy atom. The van der Waals surface area contributed by atoms with Crippen LogP contribution in [0, 0.1) is 35.5 Å². The third-order valence-corrected chi connectivity index (χ3v) is 7.42. The van der Waals surface area contributed by atoms with Crippen molar-refractivity contribution < 1.29 is 0 Å². The number of hydrogen-bond acceptors (Lipinski definition) is 2. The normalized spacial score (nSPS) is 20.6. The minimum atomic E-state index is 0. The highest BCUT2D eigenvalue weighted by Crippen LogP contribution is 2.28. The van der Waals surface area contributed by atoms with Crippen molar-refractivity contribution in [2.75, 3.05) is 26.2 Å². The van der Waals surface area contributed by atoms with Crippen LogP contribution in [-0.4, -0.2) is 26.2 Å². The second-order valence-electron chi connectivity index (χ2n) is 11.7. The van der Waals surface area contributed by atoms with Crippen molar-refractivity contribution in [1.29, 1.82) is 0 Å². The van der Waals surface area contributed by atoms with Gasteiger partial charge >= 0.3 is 0 Å². The molecule has 4 heteroatoms. The molecule has 0 aromatic rings. The summed E-state index contributed by atoms with van der Waals surface area (Å²) < 4.78 is 0. The Bertz CT molecular complexity index is 346. The minimum absolute atomic E-state index is 0. The van der Waals surface area contributed by atoms with Gasteiger partial charge in [-0.2, -0.15) is 0 Å². The van der Waals surface area contributed by atoms with E-state index in [-0.39, 0.29) is 24.8 Å². The van der Waals surface area contributed by atoms with E-state index in [1.165, 1.54) is 103 Å². The summed E-state index contributed by atoms with van der Waals surface area (Å²) in [7, 11) is 0. The Labute approximate surface area is 215 Å². The van der Waals surface area contributed by atoms with E-state index in [0.717, 1.165) is 35.5 Å². The molecule has 1 saturated carbocycles. The van der Waals surface area contributed by atoms with Crippen LogP contribution in [0.3, 0.4) is 0 Å². The Morgan fingerprint density at radius 2 is 0.875 bits per heavy atom. The summed E-state index contributed by atoms with van der Waals surface area (Å²) >= 11 is 0. The van der Waals surface area contributed by atoms with Crippen LogP contribution in [0.25, 0.3) is 0 Å². The third kappa shape index (κ3) is 19.9. The van der Waals surface area contributed by atoms with E-state index in [9.17, 15) is 0 Å². The lowest BCUT2D eigenvalue weighted by Gasteiger charge is -2.29. The first-order chi connectivity index (χ1) is 14.4. The fourth-order valence-electron chi connectivity index (χ4n) is 4.99. The molecule has 2 nitrogen and oxygen atoms in total. The molecule has 1 fully saturated rings. The first-order valence-electron chi connectivity index (χ1n) is 13.8. The Morgan fingerprint density at radius 1 is 0.531 bits per heavy atom. The average Bonchev–Trinajstić information content (AvgIpc) is 2.69. The Balaban J connectivity index is 0. The standard InChI is InChI=1S/C28H58N2.2ClH/c1-23(2)9-7-11-25(5)17-19-29-21-27-13-15-28(16-14-27)22-30-20-18-26(6)12-8-10-24(3)4;;/h23-30H,7-22H2,1-6H3;2*1H. The van der Waals surface area contributed by atoms with E-state index in [1.807, 2.05) is 0 Å². The fraction of sp³-hybridized carbons (Fsp3) is 1.00. The van der Waals surface area contributed by atoms with Crippen molar-refractivity contribution >= 4 is 24.8 Å². The van der Waals surface area contributed by atoms with E-state index in [2.05, 4.69) is 52.2 Å². The van der Waals surface area contributed by atoms with Crippen LogP contribution in [0.5, 0.6) is 0 Å². The Kier molecular flexibility index (Phi) is 23.8. The molecule has 2 N–H and O–H groups in total. The number of halogens is 2. The molecule has 32 heavy (non-hydrogen) atoms. The van der Waals surface area contributed by atoms with Gasteiger partial charge in [-0.15, -0.1) is 24.8 Å². The van der Waals surface area contributed by atoms with Gasteiger partial charge in [0.05, 0.1) is 0 Å². The van der Waals surface area contributed by atoms with Gasteiger partial charge < -0.3 is 10.6 Å². The summed E-state index contributed by atoms with van der Waals surface area (Å²) in [5, 5.41) is 7.55. The zero-order chi connectivity index (χ0) is 22.2. The van der Waals surface area contributed by atoms with Gasteiger partial charge in [-0.05, 0) is 100 Å². The predicted octanol–water partition coefficient (Wildman–Crippen LogP) is 8.52.